The standard InChI is InChI=1S/C17H27NO2/c1-5-7-8-9-16(18-12-6-2)15-11-10-14(19-3)13-17(15)20-4/h5,10-11,13,16,18H,1,6-9,12H2,2-4H3. The second-order valence-electron chi connectivity index (χ2n) is 4.83. The third-order valence-corrected chi connectivity index (χ3v) is 3.36. The maximum Gasteiger partial charge on any atom is 0.127 e. The Bertz CT molecular complexity index is 404. The van der Waals surface area contributed by atoms with Gasteiger partial charge in [-0.1, -0.05) is 19.1 Å². The first kappa shape index (κ1) is 16.6. The first-order chi connectivity index (χ1) is 9.76. The van der Waals surface area contributed by atoms with Crippen LogP contribution in [0.4, 0.5) is 0 Å². The molecule has 0 amide bonds. The van der Waals surface area contributed by atoms with Crippen LogP contribution in [0.1, 0.15) is 44.2 Å². The maximum absolute atomic E-state index is 5.51. The second kappa shape index (κ2) is 9.43. The molecule has 1 N–H and O–H groups in total. The van der Waals surface area contributed by atoms with Crippen LogP contribution in [0, 0.1) is 0 Å². The normalized spacial score (nSPS) is 11.9. The molecule has 0 spiro atoms. The average molecular weight is 277 g/mol. The summed E-state index contributed by atoms with van der Waals surface area (Å²) in [6, 6.07) is 6.35. The Kier molecular flexibility index (Phi) is 7.81. The van der Waals surface area contributed by atoms with Gasteiger partial charge in [0.25, 0.3) is 0 Å². The first-order valence-electron chi connectivity index (χ1n) is 7.33. The van der Waals surface area contributed by atoms with Crippen LogP contribution >= 0.6 is 0 Å². The molecule has 0 radical (unpaired) electrons. The van der Waals surface area contributed by atoms with Crippen LogP contribution in [0.2, 0.25) is 0 Å². The SMILES string of the molecule is C=CCCCC(NCCC)c1ccc(OC)cc1OC. The number of methoxy groups -OCH3 is 2. The van der Waals surface area contributed by atoms with E-state index in [-0.39, 0.29) is 0 Å². The summed E-state index contributed by atoms with van der Waals surface area (Å²) < 4.78 is 10.8. The van der Waals surface area contributed by atoms with Crippen molar-refractivity contribution in [3.05, 3.63) is 36.4 Å². The maximum atomic E-state index is 5.51. The lowest BCUT2D eigenvalue weighted by Gasteiger charge is -2.21. The van der Waals surface area contributed by atoms with E-state index in [9.17, 15) is 0 Å². The highest BCUT2D eigenvalue weighted by molar-refractivity contribution is 5.42. The zero-order valence-corrected chi connectivity index (χ0v) is 12.9. The molecule has 0 aromatic heterocycles. The summed E-state index contributed by atoms with van der Waals surface area (Å²) in [5.74, 6) is 1.71. The van der Waals surface area contributed by atoms with Crippen molar-refractivity contribution in [2.24, 2.45) is 0 Å². The van der Waals surface area contributed by atoms with Gasteiger partial charge in [-0.3, -0.25) is 0 Å². The van der Waals surface area contributed by atoms with Crippen molar-refractivity contribution in [2.75, 3.05) is 20.8 Å². The monoisotopic (exact) mass is 277 g/mol. The third-order valence-electron chi connectivity index (χ3n) is 3.36. The molecule has 0 bridgehead atoms. The minimum atomic E-state index is 0.316. The summed E-state index contributed by atoms with van der Waals surface area (Å²) in [5.41, 5.74) is 1.20. The fourth-order valence-electron chi connectivity index (χ4n) is 2.26. The highest BCUT2D eigenvalue weighted by Crippen LogP contribution is 2.32. The molecule has 0 saturated carbocycles. The van der Waals surface area contributed by atoms with Crippen molar-refractivity contribution < 1.29 is 9.47 Å². The van der Waals surface area contributed by atoms with Crippen molar-refractivity contribution >= 4 is 0 Å². The van der Waals surface area contributed by atoms with Crippen LogP contribution in [0.25, 0.3) is 0 Å². The Morgan fingerprint density at radius 1 is 1.30 bits per heavy atom. The van der Waals surface area contributed by atoms with E-state index in [2.05, 4.69) is 24.9 Å². The van der Waals surface area contributed by atoms with Crippen LogP contribution in [0.15, 0.2) is 30.9 Å². The third kappa shape index (κ3) is 4.89. The Labute approximate surface area is 123 Å². The summed E-state index contributed by atoms with van der Waals surface area (Å²) in [4.78, 5) is 0. The van der Waals surface area contributed by atoms with Gasteiger partial charge in [0.05, 0.1) is 14.2 Å². The molecule has 1 aromatic carbocycles. The lowest BCUT2D eigenvalue weighted by Crippen LogP contribution is -2.22. The van der Waals surface area contributed by atoms with Gasteiger partial charge < -0.3 is 14.8 Å². The van der Waals surface area contributed by atoms with E-state index in [4.69, 9.17) is 9.47 Å². The number of rotatable bonds is 10. The van der Waals surface area contributed by atoms with E-state index in [0.29, 0.717) is 6.04 Å². The molecule has 112 valence electrons. The molecule has 0 aliphatic rings. The van der Waals surface area contributed by atoms with E-state index in [1.807, 2.05) is 18.2 Å². The molecule has 0 aliphatic carbocycles. The van der Waals surface area contributed by atoms with Gasteiger partial charge in [-0.25, -0.2) is 0 Å². The molecule has 0 saturated heterocycles. The minimum Gasteiger partial charge on any atom is -0.497 e. The fraction of sp³-hybridized carbons (Fsp3) is 0.529. The predicted molar refractivity (Wildman–Crippen MR) is 84.6 cm³/mol. The predicted octanol–water partition coefficient (Wildman–Crippen LogP) is 4.10. The molecule has 0 fully saturated rings. The second-order valence-corrected chi connectivity index (χ2v) is 4.83. The van der Waals surface area contributed by atoms with Crippen molar-refractivity contribution in [2.45, 2.75) is 38.6 Å². The van der Waals surface area contributed by atoms with Crippen LogP contribution in [-0.4, -0.2) is 20.8 Å². The number of allylic oxidation sites excluding steroid dienone is 1. The van der Waals surface area contributed by atoms with Gasteiger partial charge in [0, 0.05) is 17.7 Å². The summed E-state index contributed by atoms with van der Waals surface area (Å²) in [6.07, 6.45) is 6.34. The number of hydrogen-bond acceptors (Lipinski definition) is 3. The average Bonchev–Trinajstić information content (AvgIpc) is 2.50. The number of hydrogen-bond donors (Lipinski definition) is 1. The van der Waals surface area contributed by atoms with Crippen LogP contribution in [0.5, 0.6) is 11.5 Å². The number of benzene rings is 1. The number of unbranched alkanes of at least 4 members (excludes halogenated alkanes) is 1. The summed E-state index contributed by atoms with van der Waals surface area (Å²) in [6.45, 7) is 6.97. The van der Waals surface area contributed by atoms with Crippen molar-refractivity contribution in [3.63, 3.8) is 0 Å². The smallest absolute Gasteiger partial charge is 0.127 e. The first-order valence-corrected chi connectivity index (χ1v) is 7.33. The molecule has 20 heavy (non-hydrogen) atoms. The molecule has 1 unspecified atom stereocenters. The fourth-order valence-corrected chi connectivity index (χ4v) is 2.26. The van der Waals surface area contributed by atoms with Crippen molar-refractivity contribution in [3.8, 4) is 11.5 Å². The van der Waals surface area contributed by atoms with Crippen molar-refractivity contribution in [1.82, 2.24) is 5.32 Å². The van der Waals surface area contributed by atoms with Gasteiger partial charge in [0.1, 0.15) is 11.5 Å². The summed E-state index contributed by atoms with van der Waals surface area (Å²) in [5, 5.41) is 3.60. The molecular formula is C17H27NO2. The zero-order chi connectivity index (χ0) is 14.8. The highest BCUT2D eigenvalue weighted by Gasteiger charge is 2.15. The quantitative estimate of drug-likeness (QED) is 0.516. The lowest BCUT2D eigenvalue weighted by molar-refractivity contribution is 0.380. The highest BCUT2D eigenvalue weighted by atomic mass is 16.5. The Hall–Kier alpha value is -1.48. The largest absolute Gasteiger partial charge is 0.497 e. The topological polar surface area (TPSA) is 30.5 Å². The Morgan fingerprint density at radius 2 is 2.10 bits per heavy atom. The van der Waals surface area contributed by atoms with Gasteiger partial charge in [-0.2, -0.15) is 0 Å². The minimum absolute atomic E-state index is 0.316. The van der Waals surface area contributed by atoms with Crippen LogP contribution in [0.3, 0.4) is 0 Å². The summed E-state index contributed by atoms with van der Waals surface area (Å²) in [7, 11) is 3.38. The molecule has 0 heterocycles. The Balaban J connectivity index is 2.89. The molecular weight excluding hydrogens is 250 g/mol. The van der Waals surface area contributed by atoms with E-state index in [1.165, 1.54) is 5.56 Å². The molecule has 3 heteroatoms. The summed E-state index contributed by atoms with van der Waals surface area (Å²) >= 11 is 0. The van der Waals surface area contributed by atoms with Gasteiger partial charge in [-0.05, 0) is 38.3 Å². The van der Waals surface area contributed by atoms with E-state index in [1.54, 1.807) is 14.2 Å². The van der Waals surface area contributed by atoms with Crippen molar-refractivity contribution in [1.29, 1.82) is 0 Å². The van der Waals surface area contributed by atoms with Gasteiger partial charge in [-0.15, -0.1) is 6.58 Å². The zero-order valence-electron chi connectivity index (χ0n) is 12.9. The van der Waals surface area contributed by atoms with Gasteiger partial charge >= 0.3 is 0 Å². The molecule has 1 aromatic rings. The van der Waals surface area contributed by atoms with Gasteiger partial charge in [0.15, 0.2) is 0 Å². The number of nitrogens with one attached hydrogen (secondary N) is 1. The molecule has 0 aliphatic heterocycles. The van der Waals surface area contributed by atoms with E-state index in [0.717, 1.165) is 43.7 Å². The lowest BCUT2D eigenvalue weighted by atomic mass is 9.99. The molecule has 1 rings (SSSR count). The van der Waals surface area contributed by atoms with Crippen LogP contribution < -0.4 is 14.8 Å². The Morgan fingerprint density at radius 3 is 2.70 bits per heavy atom. The number of ether oxygens (including phenoxy) is 2. The van der Waals surface area contributed by atoms with Gasteiger partial charge in [0.2, 0.25) is 0 Å². The van der Waals surface area contributed by atoms with E-state index < -0.39 is 0 Å². The molecule has 3 nitrogen and oxygen atoms in total. The van der Waals surface area contributed by atoms with E-state index >= 15 is 0 Å². The molecule has 1 atom stereocenters. The van der Waals surface area contributed by atoms with Crippen LogP contribution in [-0.2, 0) is 0 Å².